The SMILES string of the molecule is COC(=O)N1C(=O)[C@@H]2[C@@H](CC(C(C)C)=C([C@H](O)CC/C(=C/c3ccc(O)c(F)c3)c3ccccc3)[C@@H]2CO)C1=O. The summed E-state index contributed by atoms with van der Waals surface area (Å²) in [6, 6.07) is 13.5. The molecule has 0 radical (unpaired) electrons. The van der Waals surface area contributed by atoms with Gasteiger partial charge in [-0.25, -0.2) is 9.18 Å². The second kappa shape index (κ2) is 12.1. The van der Waals surface area contributed by atoms with E-state index in [2.05, 4.69) is 4.74 Å². The van der Waals surface area contributed by atoms with Crippen LogP contribution in [0.4, 0.5) is 9.18 Å². The van der Waals surface area contributed by atoms with E-state index in [0.29, 0.717) is 22.5 Å². The third-order valence-electron chi connectivity index (χ3n) is 7.87. The van der Waals surface area contributed by atoms with E-state index in [9.17, 15) is 34.1 Å². The molecule has 0 saturated carbocycles. The van der Waals surface area contributed by atoms with Crippen LogP contribution in [0.5, 0.6) is 5.75 Å². The van der Waals surface area contributed by atoms with Crippen LogP contribution in [0.2, 0.25) is 0 Å². The van der Waals surface area contributed by atoms with E-state index in [-0.39, 0.29) is 18.8 Å². The molecule has 2 aromatic carbocycles. The minimum Gasteiger partial charge on any atom is -0.505 e. The Morgan fingerprint density at radius 2 is 1.85 bits per heavy atom. The number of allylic oxidation sites excluding steroid dienone is 2. The molecule has 40 heavy (non-hydrogen) atoms. The van der Waals surface area contributed by atoms with E-state index in [0.717, 1.165) is 23.8 Å². The molecule has 212 valence electrons. The number of rotatable bonds is 8. The number of halogens is 1. The summed E-state index contributed by atoms with van der Waals surface area (Å²) in [7, 11) is 1.09. The Morgan fingerprint density at radius 1 is 1.15 bits per heavy atom. The van der Waals surface area contributed by atoms with E-state index in [4.69, 9.17) is 0 Å². The Kier molecular flexibility index (Phi) is 8.85. The van der Waals surface area contributed by atoms with Gasteiger partial charge in [-0.05, 0) is 59.6 Å². The van der Waals surface area contributed by atoms with E-state index >= 15 is 0 Å². The van der Waals surface area contributed by atoms with Crippen molar-refractivity contribution in [3.63, 3.8) is 0 Å². The molecule has 2 aromatic rings. The van der Waals surface area contributed by atoms with Crippen molar-refractivity contribution in [1.29, 1.82) is 0 Å². The molecule has 4 atom stereocenters. The Hall–Kier alpha value is -3.82. The molecule has 3 amide bonds. The van der Waals surface area contributed by atoms with Gasteiger partial charge in [-0.3, -0.25) is 9.59 Å². The van der Waals surface area contributed by atoms with Crippen molar-refractivity contribution in [3.05, 3.63) is 76.6 Å². The summed E-state index contributed by atoms with van der Waals surface area (Å²) in [5.41, 5.74) is 3.53. The predicted octanol–water partition coefficient (Wildman–Crippen LogP) is 4.55. The minimum atomic E-state index is -1.06. The van der Waals surface area contributed by atoms with E-state index in [1.165, 1.54) is 12.1 Å². The Balaban J connectivity index is 1.67. The number of phenols is 1. The van der Waals surface area contributed by atoms with Crippen LogP contribution < -0.4 is 0 Å². The van der Waals surface area contributed by atoms with Gasteiger partial charge >= 0.3 is 6.09 Å². The molecule has 3 N–H and O–H groups in total. The molecule has 1 saturated heterocycles. The monoisotopic (exact) mass is 551 g/mol. The van der Waals surface area contributed by atoms with E-state index < -0.39 is 59.9 Å². The number of nitrogens with zero attached hydrogens (tertiary/aromatic N) is 1. The van der Waals surface area contributed by atoms with Gasteiger partial charge in [0.25, 0.3) is 0 Å². The highest BCUT2D eigenvalue weighted by molar-refractivity contribution is 6.16. The van der Waals surface area contributed by atoms with Crippen molar-refractivity contribution in [3.8, 4) is 5.75 Å². The van der Waals surface area contributed by atoms with Gasteiger partial charge in [0.05, 0.1) is 31.7 Å². The molecule has 8 nitrogen and oxygen atoms in total. The van der Waals surface area contributed by atoms with Gasteiger partial charge in [-0.1, -0.05) is 61.9 Å². The van der Waals surface area contributed by atoms with Crippen molar-refractivity contribution in [1.82, 2.24) is 4.90 Å². The van der Waals surface area contributed by atoms with Gasteiger partial charge in [0.1, 0.15) is 0 Å². The summed E-state index contributed by atoms with van der Waals surface area (Å²) >= 11 is 0. The third-order valence-corrected chi connectivity index (χ3v) is 7.87. The van der Waals surface area contributed by atoms with Gasteiger partial charge < -0.3 is 20.1 Å². The summed E-state index contributed by atoms with van der Waals surface area (Å²) in [6.07, 6.45) is 0.472. The maximum atomic E-state index is 14.0. The topological polar surface area (TPSA) is 124 Å². The van der Waals surface area contributed by atoms with Gasteiger partial charge in [0.15, 0.2) is 11.6 Å². The van der Waals surface area contributed by atoms with E-state index in [1.54, 1.807) is 12.1 Å². The molecule has 1 fully saturated rings. The average molecular weight is 552 g/mol. The lowest BCUT2D eigenvalue weighted by molar-refractivity contribution is -0.137. The average Bonchev–Trinajstić information content (AvgIpc) is 3.20. The van der Waals surface area contributed by atoms with E-state index in [1.807, 2.05) is 44.2 Å². The van der Waals surface area contributed by atoms with Gasteiger partial charge in [0.2, 0.25) is 11.8 Å². The van der Waals surface area contributed by atoms with Crippen LogP contribution in [-0.2, 0) is 14.3 Å². The molecule has 0 bridgehead atoms. The quantitative estimate of drug-likeness (QED) is 0.250. The third kappa shape index (κ3) is 5.57. The van der Waals surface area contributed by atoms with Gasteiger partial charge in [0, 0.05) is 5.92 Å². The van der Waals surface area contributed by atoms with Crippen LogP contribution >= 0.6 is 0 Å². The molecule has 1 aliphatic heterocycles. The summed E-state index contributed by atoms with van der Waals surface area (Å²) in [5.74, 6) is -5.29. The minimum absolute atomic E-state index is 0.0844. The van der Waals surface area contributed by atoms with Crippen LogP contribution in [0.25, 0.3) is 11.6 Å². The van der Waals surface area contributed by atoms with Crippen molar-refractivity contribution in [2.24, 2.45) is 23.7 Å². The van der Waals surface area contributed by atoms with Crippen molar-refractivity contribution >= 4 is 29.6 Å². The number of phenolic OH excluding ortho intramolecular Hbond substituents is 1. The first kappa shape index (κ1) is 29.2. The summed E-state index contributed by atoms with van der Waals surface area (Å²) < 4.78 is 18.7. The number of hydrogen-bond donors (Lipinski definition) is 3. The maximum Gasteiger partial charge on any atom is 0.423 e. The number of carbonyl (C=O) groups excluding carboxylic acids is 3. The normalized spacial score (nSPS) is 22.1. The lowest BCUT2D eigenvalue weighted by atomic mass is 9.66. The number of carbonyl (C=O) groups is 3. The number of aromatic hydroxyl groups is 1. The van der Waals surface area contributed by atoms with Crippen LogP contribution in [0.15, 0.2) is 59.7 Å². The lowest BCUT2D eigenvalue weighted by Crippen LogP contribution is -2.40. The first-order valence-electron chi connectivity index (χ1n) is 13.3. The second-order valence-corrected chi connectivity index (χ2v) is 10.5. The largest absolute Gasteiger partial charge is 0.505 e. The van der Waals surface area contributed by atoms with Crippen molar-refractivity contribution < 1.29 is 38.8 Å². The lowest BCUT2D eigenvalue weighted by Gasteiger charge is -2.38. The maximum absolute atomic E-state index is 14.0. The number of ether oxygens (including phenoxy) is 1. The number of amides is 3. The van der Waals surface area contributed by atoms with Crippen LogP contribution in [-0.4, -0.2) is 57.9 Å². The van der Waals surface area contributed by atoms with Crippen molar-refractivity contribution in [2.75, 3.05) is 13.7 Å². The molecule has 1 heterocycles. The Morgan fingerprint density at radius 3 is 2.45 bits per heavy atom. The highest BCUT2D eigenvalue weighted by Crippen LogP contribution is 2.48. The fourth-order valence-corrected chi connectivity index (χ4v) is 5.93. The molecule has 4 rings (SSSR count). The van der Waals surface area contributed by atoms with Gasteiger partial charge in [-0.2, -0.15) is 4.90 Å². The standard InChI is InChI=1S/C31H34FNO7/c1-17(2)21-15-22-28(30(38)33(29(22)37)31(39)40-3)23(16-34)27(21)26(36)12-10-20(19-7-5-4-6-8-19)13-18-9-11-25(35)24(32)14-18/h4-9,11,13-14,17,22-23,26,28,34-36H,10,12,15-16H2,1-3H3/b20-13-/t22-,23+,26-,28-/m1/s1. The number of imide groups is 3. The molecule has 0 unspecified atom stereocenters. The number of likely N-dealkylation sites (tertiary alicyclic amines) is 1. The zero-order valence-corrected chi connectivity index (χ0v) is 22.7. The fraction of sp³-hybridized carbons (Fsp3) is 0.387. The zero-order chi connectivity index (χ0) is 29.1. The van der Waals surface area contributed by atoms with Crippen LogP contribution in [0.3, 0.4) is 0 Å². The number of methoxy groups -OCH3 is 1. The fourth-order valence-electron chi connectivity index (χ4n) is 5.93. The molecular formula is C31H34FNO7. The second-order valence-electron chi connectivity index (χ2n) is 10.5. The number of aliphatic hydroxyl groups excluding tert-OH is 2. The highest BCUT2D eigenvalue weighted by atomic mass is 19.1. The summed E-state index contributed by atoms with van der Waals surface area (Å²) in [4.78, 5) is 38.9. The smallest absolute Gasteiger partial charge is 0.423 e. The van der Waals surface area contributed by atoms with Crippen LogP contribution in [0.1, 0.15) is 44.2 Å². The first-order chi connectivity index (χ1) is 19.1. The van der Waals surface area contributed by atoms with Crippen molar-refractivity contribution in [2.45, 2.75) is 39.2 Å². The zero-order valence-electron chi connectivity index (χ0n) is 22.7. The molecule has 0 aromatic heterocycles. The van der Waals surface area contributed by atoms with Gasteiger partial charge in [-0.15, -0.1) is 0 Å². The molecule has 0 spiro atoms. The molecule has 2 aliphatic rings. The summed E-state index contributed by atoms with van der Waals surface area (Å²) in [6.45, 7) is 3.36. The predicted molar refractivity (Wildman–Crippen MR) is 146 cm³/mol. The highest BCUT2D eigenvalue weighted by Gasteiger charge is 2.57. The molecule has 1 aliphatic carbocycles. The number of benzene rings is 2. The summed E-state index contributed by atoms with van der Waals surface area (Å²) in [5, 5.41) is 31.5. The Bertz CT molecular complexity index is 1350. The molecule has 9 heteroatoms. The Labute approximate surface area is 232 Å². The molecular weight excluding hydrogens is 517 g/mol. The number of hydrogen-bond acceptors (Lipinski definition) is 7. The van der Waals surface area contributed by atoms with Crippen LogP contribution in [0, 0.1) is 29.5 Å². The number of aliphatic hydroxyl groups is 2. The first-order valence-corrected chi connectivity index (χ1v) is 13.3. The number of fused-ring (bicyclic) bond motifs is 1.